The van der Waals surface area contributed by atoms with Gasteiger partial charge in [-0.25, -0.2) is 4.79 Å². The molecule has 1 aromatic heterocycles. The maximum absolute atomic E-state index is 12.7. The van der Waals surface area contributed by atoms with Gasteiger partial charge in [0.15, 0.2) is 0 Å². The number of urea groups is 1. The lowest BCUT2D eigenvalue weighted by atomic mass is 9.75. The second-order valence-corrected chi connectivity index (χ2v) is 8.93. The van der Waals surface area contributed by atoms with Gasteiger partial charge in [-0.05, 0) is 62.1 Å². The highest BCUT2D eigenvalue weighted by molar-refractivity contribution is 6.31. The third-order valence-corrected chi connectivity index (χ3v) is 7.05. The highest BCUT2D eigenvalue weighted by atomic mass is 35.5. The fourth-order valence-electron chi connectivity index (χ4n) is 5.06. The van der Waals surface area contributed by atoms with Crippen LogP contribution in [0.25, 0.3) is 10.9 Å². The summed E-state index contributed by atoms with van der Waals surface area (Å²) in [4.78, 5) is 14.5. The number of nitrogens with one attached hydrogen (secondary N) is 1. The van der Waals surface area contributed by atoms with E-state index in [4.69, 9.17) is 16.9 Å². The quantitative estimate of drug-likeness (QED) is 0.628. The molecule has 5 rings (SSSR count). The lowest BCUT2D eigenvalue weighted by Crippen LogP contribution is -2.49. The first-order valence-corrected chi connectivity index (χ1v) is 10.7. The van der Waals surface area contributed by atoms with E-state index in [-0.39, 0.29) is 11.9 Å². The number of likely N-dealkylation sites (tertiary alicyclic amines) is 1. The van der Waals surface area contributed by atoms with Crippen molar-refractivity contribution in [2.45, 2.75) is 31.4 Å². The molecule has 2 amide bonds. The van der Waals surface area contributed by atoms with Gasteiger partial charge in [-0.2, -0.15) is 10.4 Å². The SMILES string of the molecule is CC1(C2CCN(C(=O)Nc3ccc(C#N)cc3)CC2)[C@H](O)c2cc(Cl)cc3cnn1c23. The van der Waals surface area contributed by atoms with E-state index < -0.39 is 11.6 Å². The van der Waals surface area contributed by atoms with E-state index in [1.54, 1.807) is 35.4 Å². The Bertz CT molecular complexity index is 1210. The molecule has 31 heavy (non-hydrogen) atoms. The van der Waals surface area contributed by atoms with E-state index in [2.05, 4.69) is 23.4 Å². The maximum atomic E-state index is 12.7. The van der Waals surface area contributed by atoms with Crippen LogP contribution in [0.15, 0.2) is 42.6 Å². The average molecular weight is 436 g/mol. The zero-order chi connectivity index (χ0) is 21.8. The molecule has 0 spiro atoms. The van der Waals surface area contributed by atoms with Gasteiger partial charge in [0.25, 0.3) is 0 Å². The number of amides is 2. The van der Waals surface area contributed by atoms with E-state index in [1.165, 1.54) is 0 Å². The van der Waals surface area contributed by atoms with Crippen molar-refractivity contribution in [2.24, 2.45) is 5.92 Å². The number of nitrogens with zero attached hydrogens (tertiary/aromatic N) is 4. The van der Waals surface area contributed by atoms with Crippen LogP contribution in [-0.2, 0) is 5.54 Å². The van der Waals surface area contributed by atoms with Crippen molar-refractivity contribution < 1.29 is 9.90 Å². The smallest absolute Gasteiger partial charge is 0.321 e. The Labute approximate surface area is 184 Å². The highest BCUT2D eigenvalue weighted by Gasteiger charge is 2.50. The van der Waals surface area contributed by atoms with Gasteiger partial charge >= 0.3 is 6.03 Å². The molecule has 1 fully saturated rings. The maximum Gasteiger partial charge on any atom is 0.321 e. The van der Waals surface area contributed by atoms with E-state index in [9.17, 15) is 9.90 Å². The number of piperidine rings is 1. The van der Waals surface area contributed by atoms with Crippen LogP contribution in [0, 0.1) is 17.2 Å². The van der Waals surface area contributed by atoms with Crippen LogP contribution in [0.3, 0.4) is 0 Å². The molecule has 0 radical (unpaired) electrons. The fraction of sp³-hybridized carbons (Fsp3) is 0.348. The standard InChI is InChI=1S/C23H22ClN5O2/c1-23(21(30)19-11-17(24)10-15-13-26-29(23)20(15)19)16-6-8-28(9-7-16)22(31)27-18-4-2-14(12-25)3-5-18/h2-5,10-11,13,16,21,30H,6-9H2,1H3,(H,27,31)/t21-,23?/m1/s1. The summed E-state index contributed by atoms with van der Waals surface area (Å²) in [6.07, 6.45) is 2.63. The van der Waals surface area contributed by atoms with Crippen molar-refractivity contribution in [3.8, 4) is 6.07 Å². The van der Waals surface area contributed by atoms with Gasteiger partial charge in [0.1, 0.15) is 6.10 Å². The van der Waals surface area contributed by atoms with E-state index >= 15 is 0 Å². The van der Waals surface area contributed by atoms with Crippen LogP contribution in [0.1, 0.15) is 37.0 Å². The second-order valence-electron chi connectivity index (χ2n) is 8.50. The molecular weight excluding hydrogens is 414 g/mol. The number of hydrogen-bond donors (Lipinski definition) is 2. The highest BCUT2D eigenvalue weighted by Crippen LogP contribution is 2.51. The van der Waals surface area contributed by atoms with Crippen molar-refractivity contribution in [1.82, 2.24) is 14.7 Å². The first kappa shape index (κ1) is 19.9. The number of halogens is 1. The number of aliphatic hydroxyl groups excluding tert-OH is 1. The first-order chi connectivity index (χ1) is 14.9. The molecule has 0 saturated carbocycles. The van der Waals surface area contributed by atoms with Gasteiger partial charge < -0.3 is 15.3 Å². The van der Waals surface area contributed by atoms with Crippen molar-refractivity contribution in [3.63, 3.8) is 0 Å². The van der Waals surface area contributed by atoms with Crippen LogP contribution in [0.5, 0.6) is 0 Å². The first-order valence-electron chi connectivity index (χ1n) is 10.3. The van der Waals surface area contributed by atoms with Crippen LogP contribution in [0.2, 0.25) is 5.02 Å². The topological polar surface area (TPSA) is 94.2 Å². The predicted molar refractivity (Wildman–Crippen MR) is 118 cm³/mol. The van der Waals surface area contributed by atoms with Crippen molar-refractivity contribution in [3.05, 3.63) is 58.7 Å². The minimum Gasteiger partial charge on any atom is -0.386 e. The Morgan fingerprint density at radius 2 is 2.00 bits per heavy atom. The number of aromatic nitrogens is 2. The molecule has 7 nitrogen and oxygen atoms in total. The fourth-order valence-corrected chi connectivity index (χ4v) is 5.30. The number of rotatable bonds is 2. The molecule has 2 N–H and O–H groups in total. The number of anilines is 1. The second kappa shape index (κ2) is 7.26. The Balaban J connectivity index is 1.30. The molecule has 1 unspecified atom stereocenters. The Morgan fingerprint density at radius 3 is 2.68 bits per heavy atom. The van der Waals surface area contributed by atoms with E-state index in [0.29, 0.717) is 29.4 Å². The largest absolute Gasteiger partial charge is 0.386 e. The number of benzene rings is 2. The summed E-state index contributed by atoms with van der Waals surface area (Å²) >= 11 is 6.25. The van der Waals surface area contributed by atoms with Crippen LogP contribution < -0.4 is 5.32 Å². The zero-order valence-electron chi connectivity index (χ0n) is 17.0. The number of carbonyl (C=O) groups excluding carboxylic acids is 1. The molecule has 3 aromatic rings. The molecule has 0 bridgehead atoms. The molecule has 158 valence electrons. The van der Waals surface area contributed by atoms with Gasteiger partial charge in [-0.3, -0.25) is 4.68 Å². The van der Waals surface area contributed by atoms with Gasteiger partial charge in [-0.1, -0.05) is 11.6 Å². The van der Waals surface area contributed by atoms with Crippen LogP contribution in [0.4, 0.5) is 10.5 Å². The number of aliphatic hydroxyl groups is 1. The van der Waals surface area contributed by atoms with Crippen molar-refractivity contribution >= 4 is 34.2 Å². The summed E-state index contributed by atoms with van der Waals surface area (Å²) in [6, 6.07) is 12.4. The monoisotopic (exact) mass is 435 g/mol. The predicted octanol–water partition coefficient (Wildman–Crippen LogP) is 4.27. The van der Waals surface area contributed by atoms with Gasteiger partial charge in [0.05, 0.1) is 28.9 Å². The molecule has 2 aliphatic rings. The van der Waals surface area contributed by atoms with Gasteiger partial charge in [0, 0.05) is 34.7 Å². The number of hydrogen-bond acceptors (Lipinski definition) is 4. The van der Waals surface area contributed by atoms with Crippen LogP contribution in [-0.4, -0.2) is 38.9 Å². The lowest BCUT2D eigenvalue weighted by Gasteiger charge is -2.42. The summed E-state index contributed by atoms with van der Waals surface area (Å²) < 4.78 is 1.95. The Morgan fingerprint density at radius 1 is 1.29 bits per heavy atom. The van der Waals surface area contributed by atoms with E-state index in [0.717, 1.165) is 29.3 Å². The average Bonchev–Trinajstić information content (AvgIpc) is 3.30. The van der Waals surface area contributed by atoms with Crippen LogP contribution >= 0.6 is 11.6 Å². The number of nitriles is 1. The third-order valence-electron chi connectivity index (χ3n) is 6.84. The normalized spacial score (nSPS) is 23.2. The summed E-state index contributed by atoms with van der Waals surface area (Å²) in [6.45, 7) is 3.24. The zero-order valence-corrected chi connectivity index (χ0v) is 17.8. The summed E-state index contributed by atoms with van der Waals surface area (Å²) in [7, 11) is 0. The van der Waals surface area contributed by atoms with E-state index in [1.807, 2.05) is 16.8 Å². The van der Waals surface area contributed by atoms with Crippen molar-refractivity contribution in [2.75, 3.05) is 18.4 Å². The minimum absolute atomic E-state index is 0.156. The molecule has 2 atom stereocenters. The molecule has 2 aromatic carbocycles. The summed E-state index contributed by atoms with van der Waals surface area (Å²) in [5, 5.41) is 29.1. The van der Waals surface area contributed by atoms with Crippen molar-refractivity contribution in [1.29, 1.82) is 5.26 Å². The minimum atomic E-state index is -0.693. The number of carbonyl (C=O) groups is 1. The van der Waals surface area contributed by atoms with Gasteiger partial charge in [0.2, 0.25) is 0 Å². The summed E-state index contributed by atoms with van der Waals surface area (Å²) in [5.74, 6) is 0.163. The van der Waals surface area contributed by atoms with Gasteiger partial charge in [-0.15, -0.1) is 0 Å². The Hall–Kier alpha value is -3.08. The molecule has 3 heterocycles. The molecule has 2 aliphatic heterocycles. The third kappa shape index (κ3) is 3.06. The lowest BCUT2D eigenvalue weighted by molar-refractivity contribution is -0.0111. The molecule has 1 saturated heterocycles. The molecular formula is C23H22ClN5O2. The molecule has 8 heteroatoms. The molecule has 0 aliphatic carbocycles. The Kier molecular flexibility index (Phi) is 4.65. The summed E-state index contributed by atoms with van der Waals surface area (Å²) in [5.41, 5.74) is 2.40.